The second-order valence-electron chi connectivity index (χ2n) is 6.33. The SMILES string of the molecule is O=C(NCCc1ccccc1F)c1cc(NCCc2ccc(Cl)cc2)ccn1. The van der Waals surface area contributed by atoms with Gasteiger partial charge in [0.2, 0.25) is 0 Å². The van der Waals surface area contributed by atoms with E-state index in [9.17, 15) is 9.18 Å². The third kappa shape index (κ3) is 5.79. The topological polar surface area (TPSA) is 54.0 Å². The van der Waals surface area contributed by atoms with Crippen molar-refractivity contribution in [2.75, 3.05) is 18.4 Å². The van der Waals surface area contributed by atoms with Gasteiger partial charge in [-0.15, -0.1) is 0 Å². The third-order valence-electron chi connectivity index (χ3n) is 4.29. The van der Waals surface area contributed by atoms with Gasteiger partial charge < -0.3 is 10.6 Å². The molecule has 28 heavy (non-hydrogen) atoms. The zero-order valence-corrected chi connectivity index (χ0v) is 16.0. The maximum Gasteiger partial charge on any atom is 0.269 e. The Bertz CT molecular complexity index is 931. The Kier molecular flexibility index (Phi) is 6.98. The van der Waals surface area contributed by atoms with Crippen molar-refractivity contribution in [3.8, 4) is 0 Å². The lowest BCUT2D eigenvalue weighted by Gasteiger charge is -2.09. The van der Waals surface area contributed by atoms with Gasteiger partial charge in [-0.05, 0) is 54.3 Å². The average molecular weight is 398 g/mol. The van der Waals surface area contributed by atoms with Crippen molar-refractivity contribution in [3.05, 3.63) is 94.5 Å². The quantitative estimate of drug-likeness (QED) is 0.588. The Balaban J connectivity index is 1.48. The van der Waals surface area contributed by atoms with Crippen molar-refractivity contribution in [3.63, 3.8) is 0 Å². The van der Waals surface area contributed by atoms with Crippen LogP contribution in [-0.4, -0.2) is 24.0 Å². The van der Waals surface area contributed by atoms with Crippen LogP contribution in [0, 0.1) is 5.82 Å². The van der Waals surface area contributed by atoms with Gasteiger partial charge in [-0.3, -0.25) is 9.78 Å². The molecule has 3 aromatic rings. The fraction of sp³-hybridized carbons (Fsp3) is 0.182. The van der Waals surface area contributed by atoms with Crippen LogP contribution < -0.4 is 10.6 Å². The highest BCUT2D eigenvalue weighted by Gasteiger charge is 2.08. The Morgan fingerprint density at radius 1 is 1.00 bits per heavy atom. The standard InChI is InChI=1S/C22H21ClFN3O/c23-18-7-5-16(6-8-18)9-12-25-19-11-14-26-21(15-19)22(28)27-13-10-17-3-1-2-4-20(17)24/h1-8,11,14-15H,9-10,12-13H2,(H,25,26)(H,27,28). The monoisotopic (exact) mass is 397 g/mol. The highest BCUT2D eigenvalue weighted by atomic mass is 35.5. The van der Waals surface area contributed by atoms with E-state index in [4.69, 9.17) is 11.6 Å². The summed E-state index contributed by atoms with van der Waals surface area (Å²) in [4.78, 5) is 16.4. The summed E-state index contributed by atoms with van der Waals surface area (Å²) in [7, 11) is 0. The van der Waals surface area contributed by atoms with E-state index in [1.165, 1.54) is 11.6 Å². The summed E-state index contributed by atoms with van der Waals surface area (Å²) in [5.74, 6) is -0.542. The smallest absolute Gasteiger partial charge is 0.269 e. The minimum atomic E-state index is -0.280. The number of hydrogen-bond donors (Lipinski definition) is 2. The summed E-state index contributed by atoms with van der Waals surface area (Å²) < 4.78 is 13.6. The largest absolute Gasteiger partial charge is 0.385 e. The summed E-state index contributed by atoms with van der Waals surface area (Å²) in [6, 6.07) is 17.8. The van der Waals surface area contributed by atoms with Gasteiger partial charge in [0, 0.05) is 30.0 Å². The first-order chi connectivity index (χ1) is 13.6. The maximum atomic E-state index is 13.6. The molecule has 0 radical (unpaired) electrons. The van der Waals surface area contributed by atoms with Crippen LogP contribution in [0.15, 0.2) is 66.9 Å². The molecular weight excluding hydrogens is 377 g/mol. The summed E-state index contributed by atoms with van der Waals surface area (Å²) in [5, 5.41) is 6.79. The van der Waals surface area contributed by atoms with Crippen LogP contribution in [0.3, 0.4) is 0 Å². The van der Waals surface area contributed by atoms with Crippen molar-refractivity contribution >= 4 is 23.2 Å². The Hall–Kier alpha value is -2.92. The minimum absolute atomic E-state index is 0.262. The molecule has 1 aromatic heterocycles. The fourth-order valence-corrected chi connectivity index (χ4v) is 2.90. The molecule has 2 aromatic carbocycles. The predicted octanol–water partition coefficient (Wildman–Crippen LogP) is 4.50. The van der Waals surface area contributed by atoms with Crippen molar-refractivity contribution in [2.45, 2.75) is 12.8 Å². The van der Waals surface area contributed by atoms with Crippen LogP contribution in [0.5, 0.6) is 0 Å². The number of amides is 1. The number of halogens is 2. The number of rotatable bonds is 8. The van der Waals surface area contributed by atoms with Crippen molar-refractivity contribution in [1.82, 2.24) is 10.3 Å². The maximum absolute atomic E-state index is 13.6. The Morgan fingerprint density at radius 3 is 2.57 bits per heavy atom. The molecule has 0 aliphatic rings. The number of carbonyl (C=O) groups excluding carboxylic acids is 1. The molecular formula is C22H21ClFN3O. The van der Waals surface area contributed by atoms with Gasteiger partial charge in [-0.1, -0.05) is 41.9 Å². The first kappa shape index (κ1) is 19.8. The van der Waals surface area contributed by atoms with E-state index in [1.54, 1.807) is 30.5 Å². The van der Waals surface area contributed by atoms with Crippen LogP contribution >= 0.6 is 11.6 Å². The molecule has 0 saturated carbocycles. The van der Waals surface area contributed by atoms with Gasteiger partial charge in [0.25, 0.3) is 5.91 Å². The molecule has 0 bridgehead atoms. The zero-order chi connectivity index (χ0) is 19.8. The van der Waals surface area contributed by atoms with Gasteiger partial charge in [-0.25, -0.2) is 4.39 Å². The minimum Gasteiger partial charge on any atom is -0.385 e. The van der Waals surface area contributed by atoms with E-state index in [0.29, 0.717) is 24.2 Å². The molecule has 0 unspecified atom stereocenters. The first-order valence-corrected chi connectivity index (χ1v) is 9.45. The molecule has 0 aliphatic heterocycles. The van der Waals surface area contributed by atoms with Crippen LogP contribution in [0.4, 0.5) is 10.1 Å². The molecule has 4 nitrogen and oxygen atoms in total. The van der Waals surface area contributed by atoms with Crippen molar-refractivity contribution in [1.29, 1.82) is 0 Å². The van der Waals surface area contributed by atoms with Crippen LogP contribution in [0.25, 0.3) is 0 Å². The van der Waals surface area contributed by atoms with Gasteiger partial charge >= 0.3 is 0 Å². The van der Waals surface area contributed by atoms with Gasteiger partial charge in [0.05, 0.1) is 0 Å². The van der Waals surface area contributed by atoms with Gasteiger partial charge in [-0.2, -0.15) is 0 Å². The second-order valence-corrected chi connectivity index (χ2v) is 6.77. The number of nitrogens with zero attached hydrogens (tertiary/aromatic N) is 1. The number of nitrogens with one attached hydrogen (secondary N) is 2. The lowest BCUT2D eigenvalue weighted by Crippen LogP contribution is -2.26. The van der Waals surface area contributed by atoms with E-state index in [-0.39, 0.29) is 11.7 Å². The molecule has 0 fully saturated rings. The lowest BCUT2D eigenvalue weighted by molar-refractivity contribution is 0.0949. The highest BCUT2D eigenvalue weighted by Crippen LogP contribution is 2.12. The number of hydrogen-bond acceptors (Lipinski definition) is 3. The lowest BCUT2D eigenvalue weighted by atomic mass is 10.1. The zero-order valence-electron chi connectivity index (χ0n) is 15.3. The molecule has 3 rings (SSSR count). The van der Waals surface area contributed by atoms with E-state index in [0.717, 1.165) is 23.7 Å². The van der Waals surface area contributed by atoms with E-state index >= 15 is 0 Å². The Morgan fingerprint density at radius 2 is 1.79 bits per heavy atom. The van der Waals surface area contributed by atoms with E-state index < -0.39 is 0 Å². The summed E-state index contributed by atoms with van der Waals surface area (Å²) in [6.45, 7) is 1.07. The van der Waals surface area contributed by atoms with Gasteiger partial charge in [0.15, 0.2) is 0 Å². The van der Waals surface area contributed by atoms with E-state index in [1.807, 2.05) is 30.3 Å². The van der Waals surface area contributed by atoms with Gasteiger partial charge in [0.1, 0.15) is 11.5 Å². The molecule has 1 heterocycles. The number of pyridine rings is 1. The molecule has 0 aliphatic carbocycles. The summed E-state index contributed by atoms with van der Waals surface area (Å²) >= 11 is 5.89. The number of carbonyl (C=O) groups is 1. The molecule has 6 heteroatoms. The molecule has 2 N–H and O–H groups in total. The molecule has 0 spiro atoms. The molecule has 0 atom stereocenters. The first-order valence-electron chi connectivity index (χ1n) is 9.08. The molecule has 0 saturated heterocycles. The fourth-order valence-electron chi connectivity index (χ4n) is 2.77. The van der Waals surface area contributed by atoms with Crippen molar-refractivity contribution < 1.29 is 9.18 Å². The highest BCUT2D eigenvalue weighted by molar-refractivity contribution is 6.30. The van der Waals surface area contributed by atoms with Crippen LogP contribution in [0.1, 0.15) is 21.6 Å². The second kappa shape index (κ2) is 9.85. The van der Waals surface area contributed by atoms with Crippen LogP contribution in [0.2, 0.25) is 5.02 Å². The van der Waals surface area contributed by atoms with Crippen LogP contribution in [-0.2, 0) is 12.8 Å². The number of anilines is 1. The third-order valence-corrected chi connectivity index (χ3v) is 4.54. The van der Waals surface area contributed by atoms with Crippen molar-refractivity contribution in [2.24, 2.45) is 0 Å². The molecule has 144 valence electrons. The summed E-state index contributed by atoms with van der Waals surface area (Å²) in [6.07, 6.45) is 2.86. The normalized spacial score (nSPS) is 10.5. The van der Waals surface area contributed by atoms with E-state index in [2.05, 4.69) is 15.6 Å². The number of benzene rings is 2. The average Bonchev–Trinajstić information content (AvgIpc) is 2.71. The summed E-state index contributed by atoms with van der Waals surface area (Å²) in [5.41, 5.74) is 2.90. The number of aromatic nitrogens is 1. The Labute approximate surface area is 168 Å². The predicted molar refractivity (Wildman–Crippen MR) is 110 cm³/mol. The molecule has 1 amide bonds.